The van der Waals surface area contributed by atoms with Gasteiger partial charge in [0.05, 0.1) is 13.2 Å². The van der Waals surface area contributed by atoms with Gasteiger partial charge < -0.3 is 31.5 Å². The van der Waals surface area contributed by atoms with Gasteiger partial charge in [-0.3, -0.25) is 0 Å². The van der Waals surface area contributed by atoms with Crippen LogP contribution in [0.1, 0.15) is 27.8 Å². The van der Waals surface area contributed by atoms with Crippen LogP contribution in [-0.4, -0.2) is 22.3 Å². The fourth-order valence-electron chi connectivity index (χ4n) is 3.20. The van der Waals surface area contributed by atoms with Gasteiger partial charge in [0.25, 0.3) is 0 Å². The first-order chi connectivity index (χ1) is 16.8. The van der Waals surface area contributed by atoms with Crippen molar-refractivity contribution in [1.29, 1.82) is 0 Å². The Labute approximate surface area is 201 Å². The van der Waals surface area contributed by atoms with Crippen LogP contribution in [-0.2, 0) is 26.3 Å². The van der Waals surface area contributed by atoms with Gasteiger partial charge in [0.2, 0.25) is 0 Å². The number of aliphatic hydroxyl groups excluding tert-OH is 2. The number of anilines is 2. The Morgan fingerprint density at radius 3 is 1.74 bits per heavy atom. The first-order valence-corrected chi connectivity index (χ1v) is 10.8. The molecule has 0 saturated heterocycles. The molecule has 184 valence electrons. The second kappa shape index (κ2) is 11.9. The van der Waals surface area contributed by atoms with Crippen LogP contribution in [0.25, 0.3) is 0 Å². The fraction of sp³-hybridized carbons (Fsp3) is 0.200. The second-order valence-electron chi connectivity index (χ2n) is 7.81. The predicted molar refractivity (Wildman–Crippen MR) is 128 cm³/mol. The van der Waals surface area contributed by atoms with Gasteiger partial charge in [-0.15, -0.1) is 0 Å². The average Bonchev–Trinajstić information content (AvgIpc) is 2.83. The Hall–Kier alpha value is -4.02. The number of urea groups is 2. The van der Waals surface area contributed by atoms with Crippen LogP contribution in [0.5, 0.6) is 0 Å². The maximum absolute atomic E-state index is 13.8. The number of amides is 4. The molecule has 0 radical (unpaired) electrons. The van der Waals surface area contributed by atoms with Crippen LogP contribution < -0.4 is 21.3 Å². The van der Waals surface area contributed by atoms with E-state index in [1.165, 1.54) is 24.3 Å². The van der Waals surface area contributed by atoms with Crippen molar-refractivity contribution in [2.24, 2.45) is 0 Å². The third kappa shape index (κ3) is 7.23. The maximum atomic E-state index is 13.8. The van der Waals surface area contributed by atoms with Crippen molar-refractivity contribution in [1.82, 2.24) is 10.6 Å². The number of aryl methyl sites for hydroxylation is 1. The minimum Gasteiger partial charge on any atom is -0.392 e. The molecule has 10 heteroatoms. The summed E-state index contributed by atoms with van der Waals surface area (Å²) in [5.74, 6) is -1.10. The first-order valence-electron chi connectivity index (χ1n) is 10.8. The molecule has 3 aromatic carbocycles. The number of hydrogen-bond acceptors (Lipinski definition) is 4. The van der Waals surface area contributed by atoms with E-state index in [0.29, 0.717) is 22.5 Å². The summed E-state index contributed by atoms with van der Waals surface area (Å²) in [5, 5.41) is 28.6. The lowest BCUT2D eigenvalue weighted by Crippen LogP contribution is -2.29. The molecular weight excluding hydrogens is 458 g/mol. The number of halogens is 2. The van der Waals surface area contributed by atoms with E-state index in [9.17, 15) is 18.4 Å². The van der Waals surface area contributed by atoms with E-state index < -0.39 is 36.9 Å². The van der Waals surface area contributed by atoms with Gasteiger partial charge in [0.15, 0.2) is 0 Å². The Kier molecular flexibility index (Phi) is 8.71. The molecule has 4 amide bonds. The SMILES string of the molecule is Cc1ccc(NC(=O)NCc2ccc(CO)c(F)c2)cc1NC(=O)NCc1ccc(CO)c(F)c1. The summed E-state index contributed by atoms with van der Waals surface area (Å²) in [5.41, 5.74) is 3.05. The Balaban J connectivity index is 1.53. The lowest BCUT2D eigenvalue weighted by molar-refractivity contribution is 0.251. The van der Waals surface area contributed by atoms with Gasteiger partial charge >= 0.3 is 12.1 Å². The Bertz CT molecular complexity index is 1220. The number of hydrogen-bond donors (Lipinski definition) is 6. The van der Waals surface area contributed by atoms with Gasteiger partial charge in [-0.25, -0.2) is 18.4 Å². The second-order valence-corrected chi connectivity index (χ2v) is 7.81. The summed E-state index contributed by atoms with van der Waals surface area (Å²) in [7, 11) is 0. The van der Waals surface area contributed by atoms with E-state index in [4.69, 9.17) is 10.2 Å². The highest BCUT2D eigenvalue weighted by atomic mass is 19.1. The van der Waals surface area contributed by atoms with Gasteiger partial charge in [0, 0.05) is 35.6 Å². The molecule has 0 aromatic heterocycles. The van der Waals surface area contributed by atoms with Crippen molar-refractivity contribution in [2.75, 3.05) is 10.6 Å². The lowest BCUT2D eigenvalue weighted by atomic mass is 10.1. The molecule has 0 heterocycles. The minimum atomic E-state index is -0.549. The van der Waals surface area contributed by atoms with Crippen molar-refractivity contribution in [3.63, 3.8) is 0 Å². The van der Waals surface area contributed by atoms with E-state index in [-0.39, 0.29) is 24.2 Å². The third-order valence-corrected chi connectivity index (χ3v) is 5.23. The normalized spacial score (nSPS) is 10.5. The van der Waals surface area contributed by atoms with Crippen LogP contribution in [0.4, 0.5) is 29.7 Å². The van der Waals surface area contributed by atoms with Crippen LogP contribution >= 0.6 is 0 Å². The van der Waals surface area contributed by atoms with Crippen LogP contribution in [0.3, 0.4) is 0 Å². The quantitative estimate of drug-likeness (QED) is 0.290. The van der Waals surface area contributed by atoms with E-state index >= 15 is 0 Å². The summed E-state index contributed by atoms with van der Waals surface area (Å²) in [6.07, 6.45) is 0. The van der Waals surface area contributed by atoms with Crippen LogP contribution in [0.15, 0.2) is 54.6 Å². The van der Waals surface area contributed by atoms with Gasteiger partial charge in [-0.05, 0) is 47.9 Å². The predicted octanol–water partition coefficient (Wildman–Crippen LogP) is 3.90. The molecule has 6 N–H and O–H groups in total. The highest BCUT2D eigenvalue weighted by Gasteiger charge is 2.09. The molecule has 3 rings (SSSR count). The van der Waals surface area contributed by atoms with Crippen molar-refractivity contribution in [2.45, 2.75) is 33.2 Å². The minimum absolute atomic E-state index is 0.0771. The van der Waals surface area contributed by atoms with Crippen LogP contribution in [0.2, 0.25) is 0 Å². The summed E-state index contributed by atoms with van der Waals surface area (Å²) in [6.45, 7) is 1.13. The number of benzene rings is 3. The molecule has 0 unspecified atom stereocenters. The van der Waals surface area contributed by atoms with Gasteiger partial charge in [-0.2, -0.15) is 0 Å². The van der Waals surface area contributed by atoms with E-state index in [1.54, 1.807) is 37.3 Å². The average molecular weight is 485 g/mol. The van der Waals surface area contributed by atoms with E-state index in [0.717, 1.165) is 5.56 Å². The first kappa shape index (κ1) is 25.6. The molecular formula is C25H26F2N4O4. The number of carbonyl (C=O) groups is 2. The Morgan fingerprint density at radius 2 is 1.26 bits per heavy atom. The molecule has 35 heavy (non-hydrogen) atoms. The molecule has 0 fully saturated rings. The van der Waals surface area contributed by atoms with Crippen molar-refractivity contribution in [3.05, 3.63) is 94.0 Å². The fourth-order valence-corrected chi connectivity index (χ4v) is 3.20. The van der Waals surface area contributed by atoms with E-state index in [2.05, 4.69) is 21.3 Å². The highest BCUT2D eigenvalue weighted by Crippen LogP contribution is 2.20. The molecule has 0 aliphatic carbocycles. The monoisotopic (exact) mass is 484 g/mol. The third-order valence-electron chi connectivity index (χ3n) is 5.23. The zero-order chi connectivity index (χ0) is 25.4. The smallest absolute Gasteiger partial charge is 0.319 e. The number of carbonyl (C=O) groups excluding carboxylic acids is 2. The van der Waals surface area contributed by atoms with E-state index in [1.807, 2.05) is 0 Å². The standard InChI is InChI=1S/C25H26F2N4O4/c1-15-2-7-20(30-24(34)28-11-16-3-5-18(13-32)21(26)8-16)10-23(15)31-25(35)29-12-17-4-6-19(14-33)22(27)9-17/h2-10,32-33H,11-14H2,1H3,(H2,28,30,34)(H2,29,31,35). The lowest BCUT2D eigenvalue weighted by Gasteiger charge is -2.13. The van der Waals surface area contributed by atoms with Gasteiger partial charge in [-0.1, -0.05) is 30.3 Å². The summed E-state index contributed by atoms with van der Waals surface area (Å²) < 4.78 is 27.5. The van der Waals surface area contributed by atoms with Crippen molar-refractivity contribution >= 4 is 23.4 Å². The zero-order valence-corrected chi connectivity index (χ0v) is 19.0. The summed E-state index contributed by atoms with van der Waals surface area (Å²) >= 11 is 0. The molecule has 0 spiro atoms. The number of nitrogens with one attached hydrogen (secondary N) is 4. The Morgan fingerprint density at radius 1 is 0.743 bits per heavy atom. The molecule has 0 aliphatic heterocycles. The maximum Gasteiger partial charge on any atom is 0.319 e. The summed E-state index contributed by atoms with van der Waals surface area (Å²) in [4.78, 5) is 24.6. The molecule has 8 nitrogen and oxygen atoms in total. The highest BCUT2D eigenvalue weighted by molar-refractivity contribution is 5.93. The largest absolute Gasteiger partial charge is 0.392 e. The number of rotatable bonds is 8. The van der Waals surface area contributed by atoms with Gasteiger partial charge in [0.1, 0.15) is 11.6 Å². The molecule has 0 bridgehead atoms. The van der Waals surface area contributed by atoms with Crippen LogP contribution in [0, 0.1) is 18.6 Å². The zero-order valence-electron chi connectivity index (χ0n) is 19.0. The number of aliphatic hydroxyl groups is 2. The topological polar surface area (TPSA) is 123 Å². The summed E-state index contributed by atoms with van der Waals surface area (Å²) in [6, 6.07) is 12.5. The molecule has 0 saturated carbocycles. The molecule has 0 aliphatic rings. The molecule has 3 aromatic rings. The molecule has 0 atom stereocenters. The van der Waals surface area contributed by atoms with Crippen molar-refractivity contribution < 1.29 is 28.6 Å². The van der Waals surface area contributed by atoms with Crippen molar-refractivity contribution in [3.8, 4) is 0 Å².